The molecule has 0 radical (unpaired) electrons. The fraction of sp³-hybridized carbons (Fsp3) is 0.200. The molecule has 1 atom stereocenters. The maximum Gasteiger partial charge on any atom is 0.123 e. The normalized spacial score (nSPS) is 12.2. The highest BCUT2D eigenvalue weighted by Gasteiger charge is 2.04. The van der Waals surface area contributed by atoms with E-state index >= 15 is 0 Å². The Labute approximate surface area is 101 Å². The van der Waals surface area contributed by atoms with E-state index in [9.17, 15) is 4.39 Å². The van der Waals surface area contributed by atoms with Gasteiger partial charge in [-0.15, -0.1) is 0 Å². The fourth-order valence-corrected chi connectivity index (χ4v) is 1.73. The molecule has 88 valence electrons. The van der Waals surface area contributed by atoms with Gasteiger partial charge in [0.1, 0.15) is 5.82 Å². The van der Waals surface area contributed by atoms with Crippen molar-refractivity contribution in [3.05, 3.63) is 65.5 Å². The molecule has 0 aliphatic rings. The van der Waals surface area contributed by atoms with E-state index in [4.69, 9.17) is 0 Å². The number of benzene rings is 2. The molecule has 17 heavy (non-hydrogen) atoms. The number of nitrogens with one attached hydrogen (secondary N) is 1. The molecule has 0 fully saturated rings. The lowest BCUT2D eigenvalue weighted by Gasteiger charge is -2.15. The Bertz CT molecular complexity index is 473. The molecule has 1 N–H and O–H groups in total. The Hall–Kier alpha value is -1.83. The lowest BCUT2D eigenvalue weighted by molar-refractivity contribution is 0.628. The lowest BCUT2D eigenvalue weighted by Crippen LogP contribution is -2.06. The summed E-state index contributed by atoms with van der Waals surface area (Å²) in [6, 6.07) is 15.0. The summed E-state index contributed by atoms with van der Waals surface area (Å²) in [7, 11) is 0. The van der Waals surface area contributed by atoms with Gasteiger partial charge in [-0.1, -0.05) is 29.8 Å². The first-order valence-electron chi connectivity index (χ1n) is 5.74. The van der Waals surface area contributed by atoms with Gasteiger partial charge in [-0.25, -0.2) is 4.39 Å². The highest BCUT2D eigenvalue weighted by atomic mass is 19.1. The van der Waals surface area contributed by atoms with Crippen LogP contribution in [0, 0.1) is 12.7 Å². The molecule has 0 heterocycles. The standard InChI is InChI=1S/C15H16FN/c1-11-3-5-13(6-4-11)12(2)17-15-9-7-14(16)8-10-15/h3-10,12,17H,1-2H3. The predicted octanol–water partition coefficient (Wildman–Crippen LogP) is 4.31. The summed E-state index contributed by atoms with van der Waals surface area (Å²) < 4.78 is 12.8. The van der Waals surface area contributed by atoms with Gasteiger partial charge in [0.15, 0.2) is 0 Å². The third kappa shape index (κ3) is 3.06. The van der Waals surface area contributed by atoms with E-state index in [1.54, 1.807) is 12.1 Å². The molecule has 0 saturated heterocycles. The summed E-state index contributed by atoms with van der Waals surface area (Å²) in [5.74, 6) is -0.210. The SMILES string of the molecule is Cc1ccc(C(C)Nc2ccc(F)cc2)cc1. The van der Waals surface area contributed by atoms with E-state index in [0.29, 0.717) is 0 Å². The highest BCUT2D eigenvalue weighted by Crippen LogP contribution is 2.19. The van der Waals surface area contributed by atoms with Crippen LogP contribution in [0.15, 0.2) is 48.5 Å². The maximum absolute atomic E-state index is 12.8. The van der Waals surface area contributed by atoms with Crippen LogP contribution in [-0.4, -0.2) is 0 Å². The van der Waals surface area contributed by atoms with Gasteiger partial charge in [0.05, 0.1) is 0 Å². The van der Waals surface area contributed by atoms with Crippen molar-refractivity contribution < 1.29 is 4.39 Å². The van der Waals surface area contributed by atoms with Gasteiger partial charge in [-0.05, 0) is 43.7 Å². The van der Waals surface area contributed by atoms with Crippen molar-refractivity contribution in [2.45, 2.75) is 19.9 Å². The zero-order valence-electron chi connectivity index (χ0n) is 10.1. The van der Waals surface area contributed by atoms with Gasteiger partial charge in [-0.2, -0.15) is 0 Å². The molecular formula is C15H16FN. The average molecular weight is 229 g/mol. The van der Waals surface area contributed by atoms with Gasteiger partial charge >= 0.3 is 0 Å². The Morgan fingerprint density at radius 3 is 2.12 bits per heavy atom. The number of halogens is 1. The average Bonchev–Trinajstić information content (AvgIpc) is 2.33. The van der Waals surface area contributed by atoms with E-state index in [2.05, 4.69) is 43.4 Å². The third-order valence-corrected chi connectivity index (χ3v) is 2.80. The first-order valence-corrected chi connectivity index (χ1v) is 5.74. The number of hydrogen-bond donors (Lipinski definition) is 1. The number of aryl methyl sites for hydroxylation is 1. The third-order valence-electron chi connectivity index (χ3n) is 2.80. The Balaban J connectivity index is 2.08. The van der Waals surface area contributed by atoms with Crippen molar-refractivity contribution in [2.75, 3.05) is 5.32 Å². The molecule has 0 aliphatic carbocycles. The van der Waals surface area contributed by atoms with Crippen molar-refractivity contribution in [3.8, 4) is 0 Å². The molecular weight excluding hydrogens is 213 g/mol. The number of rotatable bonds is 3. The first-order chi connectivity index (χ1) is 8.15. The molecule has 2 rings (SSSR count). The summed E-state index contributed by atoms with van der Waals surface area (Å²) in [6.07, 6.45) is 0. The van der Waals surface area contributed by atoms with Crippen molar-refractivity contribution in [3.63, 3.8) is 0 Å². The molecule has 2 heteroatoms. The quantitative estimate of drug-likeness (QED) is 0.827. The zero-order valence-corrected chi connectivity index (χ0v) is 10.1. The topological polar surface area (TPSA) is 12.0 Å². The van der Waals surface area contributed by atoms with Gasteiger partial charge in [0.25, 0.3) is 0 Å². The van der Waals surface area contributed by atoms with Gasteiger partial charge in [-0.3, -0.25) is 0 Å². The minimum absolute atomic E-state index is 0.209. The summed E-state index contributed by atoms with van der Waals surface area (Å²) in [5.41, 5.74) is 3.40. The van der Waals surface area contributed by atoms with Crippen LogP contribution in [0.3, 0.4) is 0 Å². The number of anilines is 1. The molecule has 2 aromatic carbocycles. The second-order valence-electron chi connectivity index (χ2n) is 4.28. The van der Waals surface area contributed by atoms with E-state index < -0.39 is 0 Å². The largest absolute Gasteiger partial charge is 0.379 e. The van der Waals surface area contributed by atoms with Crippen LogP contribution >= 0.6 is 0 Å². The van der Waals surface area contributed by atoms with E-state index in [-0.39, 0.29) is 11.9 Å². The molecule has 0 spiro atoms. The molecule has 1 nitrogen and oxygen atoms in total. The van der Waals surface area contributed by atoms with Crippen LogP contribution in [0.2, 0.25) is 0 Å². The van der Waals surface area contributed by atoms with Gasteiger partial charge in [0, 0.05) is 11.7 Å². The minimum Gasteiger partial charge on any atom is -0.379 e. The predicted molar refractivity (Wildman–Crippen MR) is 69.6 cm³/mol. The van der Waals surface area contributed by atoms with Crippen molar-refractivity contribution in [1.29, 1.82) is 0 Å². The fourth-order valence-electron chi connectivity index (χ4n) is 1.73. The van der Waals surface area contributed by atoms with E-state index in [0.717, 1.165) is 5.69 Å². The molecule has 0 amide bonds. The Morgan fingerprint density at radius 1 is 0.941 bits per heavy atom. The molecule has 0 bridgehead atoms. The molecule has 0 aliphatic heterocycles. The minimum atomic E-state index is -0.210. The maximum atomic E-state index is 12.8. The molecule has 0 aromatic heterocycles. The second-order valence-corrected chi connectivity index (χ2v) is 4.28. The summed E-state index contributed by atoms with van der Waals surface area (Å²) in [4.78, 5) is 0. The van der Waals surface area contributed by atoms with E-state index in [1.165, 1.54) is 23.3 Å². The second kappa shape index (κ2) is 5.00. The van der Waals surface area contributed by atoms with Crippen molar-refractivity contribution in [2.24, 2.45) is 0 Å². The van der Waals surface area contributed by atoms with Crippen LogP contribution in [0.4, 0.5) is 10.1 Å². The molecule has 2 aromatic rings. The van der Waals surface area contributed by atoms with Crippen LogP contribution in [0.1, 0.15) is 24.1 Å². The lowest BCUT2D eigenvalue weighted by atomic mass is 10.1. The summed E-state index contributed by atoms with van der Waals surface area (Å²) >= 11 is 0. The summed E-state index contributed by atoms with van der Waals surface area (Å²) in [5, 5.41) is 3.34. The van der Waals surface area contributed by atoms with Crippen LogP contribution in [-0.2, 0) is 0 Å². The van der Waals surface area contributed by atoms with Crippen LogP contribution in [0.5, 0.6) is 0 Å². The zero-order chi connectivity index (χ0) is 12.3. The smallest absolute Gasteiger partial charge is 0.123 e. The van der Waals surface area contributed by atoms with Gasteiger partial charge < -0.3 is 5.32 Å². The van der Waals surface area contributed by atoms with Crippen LogP contribution < -0.4 is 5.32 Å². The molecule has 0 saturated carbocycles. The Kier molecular flexibility index (Phi) is 3.43. The van der Waals surface area contributed by atoms with Crippen molar-refractivity contribution >= 4 is 5.69 Å². The van der Waals surface area contributed by atoms with Gasteiger partial charge in [0.2, 0.25) is 0 Å². The highest BCUT2D eigenvalue weighted by molar-refractivity contribution is 5.45. The number of hydrogen-bond acceptors (Lipinski definition) is 1. The van der Waals surface area contributed by atoms with E-state index in [1.807, 2.05) is 0 Å². The monoisotopic (exact) mass is 229 g/mol. The molecule has 1 unspecified atom stereocenters. The summed E-state index contributed by atoms with van der Waals surface area (Å²) in [6.45, 7) is 4.16. The Morgan fingerprint density at radius 2 is 1.53 bits per heavy atom. The van der Waals surface area contributed by atoms with Crippen molar-refractivity contribution in [1.82, 2.24) is 0 Å². The first kappa shape index (κ1) is 11.6. The van der Waals surface area contributed by atoms with Crippen LogP contribution in [0.25, 0.3) is 0 Å².